The first-order valence-corrected chi connectivity index (χ1v) is 6.83. The van der Waals surface area contributed by atoms with E-state index in [2.05, 4.69) is 0 Å². The molecule has 0 saturated heterocycles. The molecule has 1 aromatic carbocycles. The first kappa shape index (κ1) is 15.8. The summed E-state index contributed by atoms with van der Waals surface area (Å²) in [6.45, 7) is 6.95. The number of nitrogens with zero attached hydrogens (tertiary/aromatic N) is 1. The Hall–Kier alpha value is -2.63. The smallest absolute Gasteiger partial charge is 0.342 e. The molecule has 116 valence electrons. The molecule has 0 unspecified atom stereocenters. The van der Waals surface area contributed by atoms with Gasteiger partial charge in [0.25, 0.3) is 5.69 Å². The maximum Gasteiger partial charge on any atom is 0.342 e. The van der Waals surface area contributed by atoms with Crippen LogP contribution in [0.1, 0.15) is 46.0 Å². The summed E-state index contributed by atoms with van der Waals surface area (Å²) in [5, 5.41) is 10.8. The Kier molecular flexibility index (Phi) is 4.30. The molecule has 0 radical (unpaired) electrons. The summed E-state index contributed by atoms with van der Waals surface area (Å²) in [6, 6.07) is 6.05. The lowest BCUT2D eigenvalue weighted by atomic mass is 10.1. The molecule has 0 aliphatic heterocycles. The van der Waals surface area contributed by atoms with Gasteiger partial charge in [0.1, 0.15) is 23.2 Å². The van der Waals surface area contributed by atoms with Crippen LogP contribution in [-0.4, -0.2) is 10.9 Å². The minimum atomic E-state index is -0.596. The van der Waals surface area contributed by atoms with Crippen molar-refractivity contribution in [2.75, 3.05) is 0 Å². The molecule has 0 N–H and O–H groups in total. The quantitative estimate of drug-likeness (QED) is 0.483. The van der Waals surface area contributed by atoms with Crippen molar-refractivity contribution in [3.05, 3.63) is 62.6 Å². The van der Waals surface area contributed by atoms with Gasteiger partial charge in [0.2, 0.25) is 0 Å². The molecule has 0 amide bonds. The average Bonchev–Trinajstić information content (AvgIpc) is 2.72. The summed E-state index contributed by atoms with van der Waals surface area (Å²) >= 11 is 0. The largest absolute Gasteiger partial charge is 0.465 e. The molecule has 0 bridgehead atoms. The fraction of sp³-hybridized carbons (Fsp3) is 0.312. The number of furan rings is 1. The molecule has 1 aromatic heterocycles. The maximum atomic E-state index is 12.3. The van der Waals surface area contributed by atoms with E-state index >= 15 is 0 Å². The van der Waals surface area contributed by atoms with Gasteiger partial charge in [-0.15, -0.1) is 0 Å². The molecule has 22 heavy (non-hydrogen) atoms. The summed E-state index contributed by atoms with van der Waals surface area (Å²) in [4.78, 5) is 22.6. The van der Waals surface area contributed by atoms with Crippen LogP contribution in [0.5, 0.6) is 0 Å². The SMILES string of the molecule is Cc1oc(C)c(C(=O)O[C@H](C)c2cccc([N+](=O)[O-])c2)c1C. The number of carbonyl (C=O) groups excluding carboxylic acids is 1. The molecule has 6 nitrogen and oxygen atoms in total. The van der Waals surface area contributed by atoms with Gasteiger partial charge in [0.15, 0.2) is 0 Å². The summed E-state index contributed by atoms with van der Waals surface area (Å²) in [5.41, 5.74) is 1.69. The van der Waals surface area contributed by atoms with E-state index in [9.17, 15) is 14.9 Å². The van der Waals surface area contributed by atoms with Gasteiger partial charge in [-0.05, 0) is 33.3 Å². The predicted octanol–water partition coefficient (Wildman–Crippen LogP) is 4.03. The number of benzene rings is 1. The highest BCUT2D eigenvalue weighted by atomic mass is 16.6. The number of hydrogen-bond acceptors (Lipinski definition) is 5. The van der Waals surface area contributed by atoms with Crippen molar-refractivity contribution in [1.82, 2.24) is 0 Å². The molecule has 2 aromatic rings. The lowest BCUT2D eigenvalue weighted by Crippen LogP contribution is -2.11. The number of ether oxygens (including phenoxy) is 1. The zero-order valence-electron chi connectivity index (χ0n) is 12.9. The van der Waals surface area contributed by atoms with E-state index in [0.29, 0.717) is 22.6 Å². The highest BCUT2D eigenvalue weighted by Crippen LogP contribution is 2.26. The molecule has 0 saturated carbocycles. The van der Waals surface area contributed by atoms with Crippen LogP contribution in [0.25, 0.3) is 0 Å². The van der Waals surface area contributed by atoms with Crippen molar-refractivity contribution >= 4 is 11.7 Å². The van der Waals surface area contributed by atoms with Gasteiger partial charge in [-0.25, -0.2) is 4.79 Å². The molecular formula is C16H17NO5. The normalized spacial score (nSPS) is 12.0. The van der Waals surface area contributed by atoms with Crippen molar-refractivity contribution in [2.45, 2.75) is 33.8 Å². The van der Waals surface area contributed by atoms with Crippen LogP contribution in [0.4, 0.5) is 5.69 Å². The third kappa shape index (κ3) is 3.00. The van der Waals surface area contributed by atoms with E-state index in [1.54, 1.807) is 39.8 Å². The van der Waals surface area contributed by atoms with Gasteiger partial charge in [-0.3, -0.25) is 10.1 Å². The van der Waals surface area contributed by atoms with Gasteiger partial charge in [-0.1, -0.05) is 12.1 Å². The van der Waals surface area contributed by atoms with E-state index in [1.165, 1.54) is 12.1 Å². The van der Waals surface area contributed by atoms with Crippen LogP contribution in [0.2, 0.25) is 0 Å². The van der Waals surface area contributed by atoms with E-state index in [0.717, 1.165) is 5.56 Å². The molecule has 0 spiro atoms. The molecule has 2 rings (SSSR count). The Bertz CT molecular complexity index is 732. The summed E-state index contributed by atoms with van der Waals surface area (Å²) < 4.78 is 10.8. The van der Waals surface area contributed by atoms with Crippen LogP contribution >= 0.6 is 0 Å². The van der Waals surface area contributed by atoms with Crippen LogP contribution in [-0.2, 0) is 4.74 Å². The number of aryl methyl sites for hydroxylation is 2. The fourth-order valence-electron chi connectivity index (χ4n) is 2.27. The minimum absolute atomic E-state index is 0.0353. The topological polar surface area (TPSA) is 82.6 Å². The second-order valence-electron chi connectivity index (χ2n) is 5.11. The number of carbonyl (C=O) groups is 1. The second kappa shape index (κ2) is 6.01. The highest BCUT2D eigenvalue weighted by molar-refractivity contribution is 5.92. The van der Waals surface area contributed by atoms with Gasteiger partial charge in [-0.2, -0.15) is 0 Å². The van der Waals surface area contributed by atoms with Crippen molar-refractivity contribution in [1.29, 1.82) is 0 Å². The second-order valence-corrected chi connectivity index (χ2v) is 5.11. The molecule has 0 fully saturated rings. The molecule has 1 atom stereocenters. The highest BCUT2D eigenvalue weighted by Gasteiger charge is 2.22. The van der Waals surface area contributed by atoms with E-state index in [4.69, 9.17) is 9.15 Å². The summed E-state index contributed by atoms with van der Waals surface area (Å²) in [7, 11) is 0. The van der Waals surface area contributed by atoms with Gasteiger partial charge in [0.05, 0.1) is 4.92 Å². The Morgan fingerprint density at radius 1 is 1.27 bits per heavy atom. The minimum Gasteiger partial charge on any atom is -0.465 e. The van der Waals surface area contributed by atoms with Crippen molar-refractivity contribution in [2.24, 2.45) is 0 Å². The van der Waals surface area contributed by atoms with Crippen LogP contribution < -0.4 is 0 Å². The Morgan fingerprint density at radius 2 is 1.95 bits per heavy atom. The van der Waals surface area contributed by atoms with E-state index < -0.39 is 17.0 Å². The Morgan fingerprint density at radius 3 is 2.50 bits per heavy atom. The molecule has 6 heteroatoms. The lowest BCUT2D eigenvalue weighted by Gasteiger charge is -2.13. The van der Waals surface area contributed by atoms with Crippen molar-refractivity contribution in [3.8, 4) is 0 Å². The number of nitro benzene ring substituents is 1. The fourth-order valence-corrected chi connectivity index (χ4v) is 2.27. The Labute approximate surface area is 127 Å². The monoisotopic (exact) mass is 303 g/mol. The van der Waals surface area contributed by atoms with Crippen LogP contribution in [0, 0.1) is 30.9 Å². The summed E-state index contributed by atoms with van der Waals surface area (Å²) in [5.74, 6) is 0.685. The molecule has 0 aliphatic carbocycles. The zero-order chi connectivity index (χ0) is 16.4. The summed E-state index contributed by atoms with van der Waals surface area (Å²) in [6.07, 6.45) is -0.596. The van der Waals surface area contributed by atoms with Gasteiger partial charge >= 0.3 is 5.97 Å². The van der Waals surface area contributed by atoms with Gasteiger partial charge in [0, 0.05) is 17.7 Å². The number of nitro groups is 1. The number of rotatable bonds is 4. The zero-order valence-corrected chi connectivity index (χ0v) is 12.9. The first-order valence-electron chi connectivity index (χ1n) is 6.83. The Balaban J connectivity index is 2.21. The standard InChI is InChI=1S/C16H17NO5/c1-9-10(2)21-12(4)15(9)16(18)22-11(3)13-6-5-7-14(8-13)17(19)20/h5-8,11H,1-4H3/t11-/m1/s1. The molecule has 0 aliphatic rings. The number of non-ortho nitro benzene ring substituents is 1. The molecule has 1 heterocycles. The van der Waals surface area contributed by atoms with E-state index in [1.807, 2.05) is 0 Å². The number of hydrogen-bond donors (Lipinski definition) is 0. The number of esters is 1. The van der Waals surface area contributed by atoms with E-state index in [-0.39, 0.29) is 5.69 Å². The predicted molar refractivity (Wildman–Crippen MR) is 79.8 cm³/mol. The van der Waals surface area contributed by atoms with Crippen LogP contribution in [0.15, 0.2) is 28.7 Å². The van der Waals surface area contributed by atoms with Gasteiger partial charge < -0.3 is 9.15 Å². The molecular weight excluding hydrogens is 286 g/mol. The maximum absolute atomic E-state index is 12.3. The lowest BCUT2D eigenvalue weighted by molar-refractivity contribution is -0.385. The van der Waals surface area contributed by atoms with Crippen LogP contribution in [0.3, 0.4) is 0 Å². The van der Waals surface area contributed by atoms with Crippen molar-refractivity contribution < 1.29 is 18.9 Å². The first-order chi connectivity index (χ1) is 10.3. The van der Waals surface area contributed by atoms with Crippen molar-refractivity contribution in [3.63, 3.8) is 0 Å². The third-order valence-corrected chi connectivity index (χ3v) is 3.60. The third-order valence-electron chi connectivity index (χ3n) is 3.60. The average molecular weight is 303 g/mol.